The molecule has 1 fully saturated rings. The number of hydrogen-bond donors (Lipinski definition) is 0. The van der Waals surface area contributed by atoms with Crippen LogP contribution in [-0.4, -0.2) is 54.4 Å². The van der Waals surface area contributed by atoms with Crippen molar-refractivity contribution >= 4 is 22.6 Å². The highest BCUT2D eigenvalue weighted by Gasteiger charge is 2.24. The molecule has 3 aromatic rings. The van der Waals surface area contributed by atoms with Gasteiger partial charge in [-0.25, -0.2) is 0 Å². The molecular formula is C26H28N2O3. The van der Waals surface area contributed by atoms with Crippen LogP contribution in [0.2, 0.25) is 0 Å². The van der Waals surface area contributed by atoms with Gasteiger partial charge in [0, 0.05) is 38.0 Å². The molecule has 0 bridgehead atoms. The zero-order valence-electron chi connectivity index (χ0n) is 17.7. The molecule has 0 atom stereocenters. The van der Waals surface area contributed by atoms with Crippen molar-refractivity contribution in [2.75, 3.05) is 32.8 Å². The van der Waals surface area contributed by atoms with Crippen molar-refractivity contribution in [1.29, 1.82) is 0 Å². The third-order valence-electron chi connectivity index (χ3n) is 5.78. The van der Waals surface area contributed by atoms with E-state index in [4.69, 9.17) is 4.74 Å². The van der Waals surface area contributed by atoms with Crippen molar-refractivity contribution in [1.82, 2.24) is 9.80 Å². The summed E-state index contributed by atoms with van der Waals surface area (Å²) >= 11 is 0. The molecule has 160 valence electrons. The van der Waals surface area contributed by atoms with Crippen molar-refractivity contribution in [2.24, 2.45) is 0 Å². The molecule has 0 radical (unpaired) electrons. The molecule has 0 aliphatic carbocycles. The number of ether oxygens (including phenoxy) is 1. The van der Waals surface area contributed by atoms with Gasteiger partial charge < -0.3 is 14.5 Å². The highest BCUT2D eigenvalue weighted by atomic mass is 16.5. The average molecular weight is 417 g/mol. The molecule has 2 amide bonds. The second kappa shape index (κ2) is 10.1. The maximum absolute atomic E-state index is 12.6. The van der Waals surface area contributed by atoms with E-state index < -0.39 is 0 Å². The summed E-state index contributed by atoms with van der Waals surface area (Å²) < 4.78 is 5.83. The summed E-state index contributed by atoms with van der Waals surface area (Å²) in [7, 11) is 0. The normalized spacial score (nSPS) is 13.9. The fourth-order valence-electron chi connectivity index (χ4n) is 4.00. The number of carbonyl (C=O) groups is 2. The van der Waals surface area contributed by atoms with Gasteiger partial charge in [0.2, 0.25) is 5.91 Å². The number of amides is 2. The number of carbonyl (C=O) groups excluding carboxylic acids is 2. The summed E-state index contributed by atoms with van der Waals surface area (Å²) in [5, 5.41) is 2.09. The van der Waals surface area contributed by atoms with Crippen LogP contribution in [0, 0.1) is 0 Å². The second-order valence-electron chi connectivity index (χ2n) is 7.87. The van der Waals surface area contributed by atoms with E-state index in [9.17, 15) is 9.59 Å². The van der Waals surface area contributed by atoms with Crippen molar-refractivity contribution in [3.63, 3.8) is 0 Å². The van der Waals surface area contributed by atoms with E-state index in [1.54, 1.807) is 4.90 Å². The van der Waals surface area contributed by atoms with Gasteiger partial charge in [-0.1, -0.05) is 66.7 Å². The molecule has 0 unspecified atom stereocenters. The van der Waals surface area contributed by atoms with E-state index in [-0.39, 0.29) is 18.4 Å². The fraction of sp³-hybridized carbons (Fsp3) is 0.308. The van der Waals surface area contributed by atoms with Gasteiger partial charge >= 0.3 is 0 Å². The Morgan fingerprint density at radius 2 is 1.39 bits per heavy atom. The lowest BCUT2D eigenvalue weighted by atomic mass is 10.1. The van der Waals surface area contributed by atoms with Crippen LogP contribution in [0.15, 0.2) is 72.8 Å². The van der Waals surface area contributed by atoms with Gasteiger partial charge in [-0.15, -0.1) is 0 Å². The van der Waals surface area contributed by atoms with Gasteiger partial charge in [0.1, 0.15) is 5.75 Å². The third-order valence-corrected chi connectivity index (χ3v) is 5.78. The van der Waals surface area contributed by atoms with Crippen LogP contribution in [0.25, 0.3) is 10.8 Å². The van der Waals surface area contributed by atoms with Crippen molar-refractivity contribution in [2.45, 2.75) is 19.3 Å². The number of rotatable bonds is 7. The number of benzene rings is 3. The summed E-state index contributed by atoms with van der Waals surface area (Å²) in [6, 6.07) is 24.1. The van der Waals surface area contributed by atoms with Gasteiger partial charge in [0.05, 0.1) is 0 Å². The van der Waals surface area contributed by atoms with Crippen LogP contribution in [0.1, 0.15) is 18.4 Å². The standard InChI is InChI=1S/C26H28N2O3/c29-25(15-6-10-21-8-2-1-3-9-21)27-16-18-28(19-17-27)26(30)20-31-24-14-7-12-22-11-4-5-13-23(22)24/h1-5,7-9,11-14H,6,10,15-20H2. The molecule has 0 saturated carbocycles. The van der Waals surface area contributed by atoms with Crippen molar-refractivity contribution in [3.8, 4) is 5.75 Å². The first-order valence-corrected chi connectivity index (χ1v) is 10.9. The maximum atomic E-state index is 12.6. The summed E-state index contributed by atoms with van der Waals surface area (Å²) in [5.74, 6) is 0.859. The highest BCUT2D eigenvalue weighted by molar-refractivity contribution is 5.88. The van der Waals surface area contributed by atoms with E-state index >= 15 is 0 Å². The van der Waals surface area contributed by atoms with Gasteiger partial charge in [-0.2, -0.15) is 0 Å². The molecule has 0 N–H and O–H groups in total. The van der Waals surface area contributed by atoms with Crippen LogP contribution in [0.4, 0.5) is 0 Å². The van der Waals surface area contributed by atoms with E-state index in [2.05, 4.69) is 12.1 Å². The lowest BCUT2D eigenvalue weighted by molar-refractivity contribution is -0.140. The smallest absolute Gasteiger partial charge is 0.260 e. The number of fused-ring (bicyclic) bond motifs is 1. The molecule has 5 nitrogen and oxygen atoms in total. The number of hydrogen-bond acceptors (Lipinski definition) is 3. The Morgan fingerprint density at radius 3 is 2.16 bits per heavy atom. The Bertz CT molecular complexity index is 1020. The van der Waals surface area contributed by atoms with E-state index in [1.165, 1.54) is 5.56 Å². The minimum absolute atomic E-state index is 0.0129. The van der Waals surface area contributed by atoms with Crippen LogP contribution < -0.4 is 4.74 Å². The number of aryl methyl sites for hydroxylation is 1. The Balaban J connectivity index is 1.21. The van der Waals surface area contributed by atoms with Gasteiger partial charge in [0.25, 0.3) is 5.91 Å². The first-order valence-electron chi connectivity index (χ1n) is 10.9. The van der Waals surface area contributed by atoms with Gasteiger partial charge in [0.15, 0.2) is 6.61 Å². The molecular weight excluding hydrogens is 388 g/mol. The SMILES string of the molecule is O=C(CCCc1ccccc1)N1CCN(C(=O)COc2cccc3ccccc23)CC1. The van der Waals surface area contributed by atoms with Crippen LogP contribution in [0.3, 0.4) is 0 Å². The molecule has 5 heteroatoms. The van der Waals surface area contributed by atoms with Gasteiger partial charge in [-0.05, 0) is 29.9 Å². The largest absolute Gasteiger partial charge is 0.483 e. The second-order valence-corrected chi connectivity index (χ2v) is 7.87. The van der Waals surface area contributed by atoms with Crippen molar-refractivity contribution in [3.05, 3.63) is 78.4 Å². The molecule has 0 aromatic heterocycles. The minimum Gasteiger partial charge on any atom is -0.483 e. The topological polar surface area (TPSA) is 49.9 Å². The predicted molar refractivity (Wildman–Crippen MR) is 122 cm³/mol. The Morgan fingerprint density at radius 1 is 0.742 bits per heavy atom. The quantitative estimate of drug-likeness (QED) is 0.587. The minimum atomic E-state index is -0.0379. The predicted octanol–water partition coefficient (Wildman–Crippen LogP) is 3.91. The molecule has 0 spiro atoms. The van der Waals surface area contributed by atoms with Crippen LogP contribution in [0.5, 0.6) is 5.75 Å². The average Bonchev–Trinajstić information content (AvgIpc) is 2.83. The maximum Gasteiger partial charge on any atom is 0.260 e. The third kappa shape index (κ3) is 5.43. The number of nitrogens with zero attached hydrogens (tertiary/aromatic N) is 2. The lowest BCUT2D eigenvalue weighted by Gasteiger charge is -2.34. The van der Waals surface area contributed by atoms with Crippen molar-refractivity contribution < 1.29 is 14.3 Å². The summed E-state index contributed by atoms with van der Waals surface area (Å²) in [6.45, 7) is 2.30. The zero-order chi connectivity index (χ0) is 21.5. The Kier molecular flexibility index (Phi) is 6.82. The monoisotopic (exact) mass is 416 g/mol. The lowest BCUT2D eigenvalue weighted by Crippen LogP contribution is -2.51. The van der Waals surface area contributed by atoms with Crippen LogP contribution >= 0.6 is 0 Å². The van der Waals surface area contributed by atoms with Gasteiger partial charge in [-0.3, -0.25) is 9.59 Å². The summed E-state index contributed by atoms with van der Waals surface area (Å²) in [5.41, 5.74) is 1.26. The van der Waals surface area contributed by atoms with Crippen LogP contribution in [-0.2, 0) is 16.0 Å². The molecule has 1 aliphatic rings. The summed E-state index contributed by atoms with van der Waals surface area (Å²) in [4.78, 5) is 28.8. The van der Waals surface area contributed by atoms with E-state index in [1.807, 2.05) is 65.6 Å². The Hall–Kier alpha value is -3.34. The fourth-order valence-corrected chi connectivity index (χ4v) is 4.00. The molecule has 3 aromatic carbocycles. The molecule has 1 saturated heterocycles. The molecule has 1 aliphatic heterocycles. The molecule has 31 heavy (non-hydrogen) atoms. The zero-order valence-corrected chi connectivity index (χ0v) is 17.7. The first kappa shape index (κ1) is 20.9. The summed E-state index contributed by atoms with van der Waals surface area (Å²) in [6.07, 6.45) is 2.31. The highest BCUT2D eigenvalue weighted by Crippen LogP contribution is 2.25. The first-order chi connectivity index (χ1) is 15.2. The Labute approximate surface area is 183 Å². The van der Waals surface area contributed by atoms with E-state index in [0.717, 1.165) is 29.4 Å². The molecule has 4 rings (SSSR count). The van der Waals surface area contributed by atoms with E-state index in [0.29, 0.717) is 32.6 Å². The molecule has 1 heterocycles. The number of piperazine rings is 1.